The largest absolute Gasteiger partial charge is 0.473 e. The lowest BCUT2D eigenvalue weighted by atomic mass is 9.74. The van der Waals surface area contributed by atoms with Crippen molar-refractivity contribution in [2.24, 2.45) is 5.92 Å². The highest BCUT2D eigenvalue weighted by Gasteiger charge is 2.47. The highest BCUT2D eigenvalue weighted by Crippen LogP contribution is 2.40. The maximum absolute atomic E-state index is 12.8. The third kappa shape index (κ3) is 7.36. The standard InChI is InChI=1S/C20H31NO4.C2H2O4/c22-19(25-15-13-21-11-6-1-2-7-12-21)20(23,18-10-14-24-16-18)17-8-4-3-5-9-17;3-1(4)2(5)6/h10,14,16-17,23H,1-9,11-13,15H2;(H,3,4)(H,5,6). The SMILES string of the molecule is O=C(O)C(=O)O.O=C(OCCN1CCCCCC1)C(O)(c1ccoc1)C1CCCCC1. The second kappa shape index (κ2) is 12.5. The quantitative estimate of drug-likeness (QED) is 0.451. The molecule has 2 fully saturated rings. The summed E-state index contributed by atoms with van der Waals surface area (Å²) in [4.78, 5) is 33.4. The van der Waals surface area contributed by atoms with Crippen molar-refractivity contribution in [1.29, 1.82) is 0 Å². The van der Waals surface area contributed by atoms with E-state index >= 15 is 0 Å². The smallest absolute Gasteiger partial charge is 0.414 e. The molecule has 0 radical (unpaired) electrons. The number of aliphatic hydroxyl groups is 1. The fraction of sp³-hybridized carbons (Fsp3) is 0.682. The molecule has 3 rings (SSSR count). The number of carboxylic acids is 2. The highest BCUT2D eigenvalue weighted by molar-refractivity contribution is 6.27. The van der Waals surface area contributed by atoms with Gasteiger partial charge in [0.05, 0.1) is 12.5 Å². The van der Waals surface area contributed by atoms with Crippen LogP contribution in [0.5, 0.6) is 0 Å². The van der Waals surface area contributed by atoms with Crippen LogP contribution in [0, 0.1) is 5.92 Å². The molecule has 1 aliphatic carbocycles. The summed E-state index contributed by atoms with van der Waals surface area (Å²) in [5, 5.41) is 26.1. The zero-order valence-electron chi connectivity index (χ0n) is 17.8. The molecule has 1 saturated heterocycles. The molecule has 0 bridgehead atoms. The summed E-state index contributed by atoms with van der Waals surface area (Å²) in [6, 6.07) is 1.69. The molecule has 0 amide bonds. The number of ether oxygens (including phenoxy) is 1. The van der Waals surface area contributed by atoms with Crippen LogP contribution < -0.4 is 0 Å². The molecule has 1 aromatic heterocycles. The van der Waals surface area contributed by atoms with Crippen LogP contribution in [-0.4, -0.2) is 64.4 Å². The Kier molecular flexibility index (Phi) is 10.00. The summed E-state index contributed by atoms with van der Waals surface area (Å²) in [5.41, 5.74) is -1.05. The highest BCUT2D eigenvalue weighted by atomic mass is 16.6. The van der Waals surface area contributed by atoms with E-state index < -0.39 is 23.5 Å². The lowest BCUT2D eigenvalue weighted by Crippen LogP contribution is -2.45. The van der Waals surface area contributed by atoms with Crippen molar-refractivity contribution >= 4 is 17.9 Å². The van der Waals surface area contributed by atoms with Gasteiger partial charge in [0.15, 0.2) is 5.60 Å². The minimum atomic E-state index is -1.82. The Labute approximate surface area is 182 Å². The van der Waals surface area contributed by atoms with E-state index in [0.29, 0.717) is 12.2 Å². The fourth-order valence-electron chi connectivity index (χ4n) is 4.26. The lowest BCUT2D eigenvalue weighted by Gasteiger charge is -2.35. The van der Waals surface area contributed by atoms with Crippen LogP contribution in [0.25, 0.3) is 0 Å². The van der Waals surface area contributed by atoms with Gasteiger partial charge in [-0.1, -0.05) is 32.1 Å². The minimum Gasteiger partial charge on any atom is -0.473 e. The third-order valence-corrected chi connectivity index (χ3v) is 5.99. The van der Waals surface area contributed by atoms with Crippen molar-refractivity contribution in [3.8, 4) is 0 Å². The number of rotatable bonds is 6. The average molecular weight is 440 g/mol. The number of hydrogen-bond acceptors (Lipinski definition) is 7. The Bertz CT molecular complexity index is 678. The minimum absolute atomic E-state index is 0.0930. The number of furan rings is 1. The molecule has 1 saturated carbocycles. The van der Waals surface area contributed by atoms with Gasteiger partial charge in [0.1, 0.15) is 6.61 Å². The normalized spacial score (nSPS) is 19.9. The van der Waals surface area contributed by atoms with Crippen molar-refractivity contribution < 1.29 is 38.9 Å². The third-order valence-electron chi connectivity index (χ3n) is 5.99. The fourth-order valence-corrected chi connectivity index (χ4v) is 4.26. The molecule has 3 N–H and O–H groups in total. The van der Waals surface area contributed by atoms with E-state index in [0.717, 1.165) is 45.3 Å². The molecular weight excluding hydrogens is 406 g/mol. The topological polar surface area (TPSA) is 138 Å². The van der Waals surface area contributed by atoms with Crippen LogP contribution in [0.2, 0.25) is 0 Å². The first-order chi connectivity index (χ1) is 14.9. The molecule has 31 heavy (non-hydrogen) atoms. The molecule has 9 heteroatoms. The van der Waals surface area contributed by atoms with Gasteiger partial charge in [0.25, 0.3) is 0 Å². The molecule has 1 aromatic rings. The zero-order valence-corrected chi connectivity index (χ0v) is 17.8. The van der Waals surface area contributed by atoms with Crippen LogP contribution in [0.15, 0.2) is 23.0 Å². The molecule has 1 aliphatic heterocycles. The molecular formula is C22H33NO8. The van der Waals surface area contributed by atoms with Gasteiger partial charge in [0.2, 0.25) is 0 Å². The summed E-state index contributed by atoms with van der Waals surface area (Å²) in [6.07, 6.45) is 13.0. The molecule has 2 heterocycles. The Morgan fingerprint density at radius 1 is 1.00 bits per heavy atom. The van der Waals surface area contributed by atoms with Crippen LogP contribution >= 0.6 is 0 Å². The van der Waals surface area contributed by atoms with Crippen molar-refractivity contribution in [2.75, 3.05) is 26.2 Å². The van der Waals surface area contributed by atoms with Crippen LogP contribution in [0.4, 0.5) is 0 Å². The summed E-state index contributed by atoms with van der Waals surface area (Å²) >= 11 is 0. The Balaban J connectivity index is 0.000000501. The molecule has 9 nitrogen and oxygen atoms in total. The number of carbonyl (C=O) groups is 3. The van der Waals surface area contributed by atoms with Crippen molar-refractivity contribution in [1.82, 2.24) is 4.90 Å². The molecule has 0 spiro atoms. The van der Waals surface area contributed by atoms with Crippen LogP contribution in [-0.2, 0) is 24.7 Å². The Morgan fingerprint density at radius 2 is 1.58 bits per heavy atom. The van der Waals surface area contributed by atoms with Crippen LogP contribution in [0.1, 0.15) is 63.4 Å². The number of hydrogen-bond donors (Lipinski definition) is 3. The predicted octanol–water partition coefficient (Wildman–Crippen LogP) is 2.62. The average Bonchev–Trinajstić information content (AvgIpc) is 3.19. The van der Waals surface area contributed by atoms with Gasteiger partial charge < -0.3 is 24.5 Å². The second-order valence-corrected chi connectivity index (χ2v) is 8.12. The van der Waals surface area contributed by atoms with Gasteiger partial charge in [-0.25, -0.2) is 14.4 Å². The van der Waals surface area contributed by atoms with Gasteiger partial charge in [-0.15, -0.1) is 0 Å². The number of carbonyl (C=O) groups excluding carboxylic acids is 1. The lowest BCUT2D eigenvalue weighted by molar-refractivity contribution is -0.176. The second-order valence-electron chi connectivity index (χ2n) is 8.12. The number of esters is 1. The number of likely N-dealkylation sites (tertiary alicyclic amines) is 1. The maximum atomic E-state index is 12.8. The molecule has 0 aromatic carbocycles. The van der Waals surface area contributed by atoms with E-state index in [1.807, 2.05) is 0 Å². The summed E-state index contributed by atoms with van der Waals surface area (Å²) in [5.74, 6) is -4.26. The first-order valence-electron chi connectivity index (χ1n) is 11.0. The molecule has 1 unspecified atom stereocenters. The first-order valence-corrected chi connectivity index (χ1v) is 11.0. The number of carboxylic acid groups (broad SMARTS) is 2. The summed E-state index contributed by atoms with van der Waals surface area (Å²) in [6.45, 7) is 3.24. The molecule has 174 valence electrons. The Hall–Kier alpha value is -2.39. The van der Waals surface area contributed by atoms with E-state index in [1.54, 1.807) is 6.07 Å². The van der Waals surface area contributed by atoms with Crippen molar-refractivity contribution in [3.63, 3.8) is 0 Å². The van der Waals surface area contributed by atoms with E-state index in [4.69, 9.17) is 29.0 Å². The van der Waals surface area contributed by atoms with E-state index in [2.05, 4.69) is 4.90 Å². The van der Waals surface area contributed by atoms with Crippen LogP contribution in [0.3, 0.4) is 0 Å². The van der Waals surface area contributed by atoms with E-state index in [9.17, 15) is 9.90 Å². The predicted molar refractivity (Wildman–Crippen MR) is 110 cm³/mol. The van der Waals surface area contributed by atoms with E-state index in [1.165, 1.54) is 44.6 Å². The summed E-state index contributed by atoms with van der Waals surface area (Å²) in [7, 11) is 0. The van der Waals surface area contributed by atoms with Gasteiger partial charge in [-0.3, -0.25) is 4.90 Å². The summed E-state index contributed by atoms with van der Waals surface area (Å²) < 4.78 is 10.7. The number of nitrogens with zero attached hydrogens (tertiary/aromatic N) is 1. The zero-order chi connectivity index (χ0) is 22.7. The van der Waals surface area contributed by atoms with Gasteiger partial charge in [-0.2, -0.15) is 0 Å². The van der Waals surface area contributed by atoms with Crippen molar-refractivity contribution in [3.05, 3.63) is 24.2 Å². The van der Waals surface area contributed by atoms with E-state index in [-0.39, 0.29) is 5.92 Å². The first kappa shape index (κ1) is 24.9. The molecule has 1 atom stereocenters. The van der Waals surface area contributed by atoms with Gasteiger partial charge >= 0.3 is 17.9 Å². The number of aliphatic carboxylic acids is 2. The van der Waals surface area contributed by atoms with Crippen molar-refractivity contribution in [2.45, 2.75) is 63.4 Å². The molecule has 2 aliphatic rings. The maximum Gasteiger partial charge on any atom is 0.414 e. The van der Waals surface area contributed by atoms with Gasteiger partial charge in [0, 0.05) is 18.0 Å². The Morgan fingerprint density at radius 3 is 2.10 bits per heavy atom. The monoisotopic (exact) mass is 439 g/mol. The van der Waals surface area contributed by atoms with Gasteiger partial charge in [-0.05, 0) is 44.8 Å².